The molecule has 3 rings (SSSR count). The van der Waals surface area contributed by atoms with Gasteiger partial charge in [-0.25, -0.2) is 4.98 Å². The molecule has 0 aliphatic heterocycles. The molecule has 1 amide bonds. The first-order chi connectivity index (χ1) is 12.0. The van der Waals surface area contributed by atoms with Gasteiger partial charge in [0.25, 0.3) is 0 Å². The molecule has 1 fully saturated rings. The van der Waals surface area contributed by atoms with Crippen LogP contribution in [0.25, 0.3) is 5.65 Å². The normalized spacial score (nSPS) is 16.4. The minimum Gasteiger partial charge on any atom is -0.309 e. The number of halogens is 3. The molecular weight excluding hydrogens is 343 g/mol. The van der Waals surface area contributed by atoms with Crippen molar-refractivity contribution < 1.29 is 18.0 Å². The Morgan fingerprint density at radius 2 is 1.88 bits per heavy atom. The summed E-state index contributed by atoms with van der Waals surface area (Å²) in [6, 6.07) is 2.37. The molecule has 0 aromatic carbocycles. The summed E-state index contributed by atoms with van der Waals surface area (Å²) in [6.45, 7) is 6.01. The van der Waals surface area contributed by atoms with Gasteiger partial charge < -0.3 is 9.72 Å². The van der Waals surface area contributed by atoms with E-state index in [1.807, 2.05) is 20.8 Å². The number of rotatable bonds is 3. The second-order valence-electron chi connectivity index (χ2n) is 8.26. The molecule has 1 aliphatic carbocycles. The fourth-order valence-corrected chi connectivity index (χ4v) is 3.44. The van der Waals surface area contributed by atoms with Crippen molar-refractivity contribution in [1.29, 1.82) is 0 Å². The van der Waals surface area contributed by atoms with Crippen LogP contribution in [0.3, 0.4) is 0 Å². The van der Waals surface area contributed by atoms with Crippen LogP contribution in [0.4, 0.5) is 19.0 Å². The number of carbonyl (C=O) groups excluding carboxylic acids is 1. The summed E-state index contributed by atoms with van der Waals surface area (Å²) in [7, 11) is 0. The number of amides is 1. The van der Waals surface area contributed by atoms with E-state index in [-0.39, 0.29) is 17.2 Å². The predicted octanol–water partition coefficient (Wildman–Crippen LogP) is 5.07. The van der Waals surface area contributed by atoms with Crippen LogP contribution in [0, 0.1) is 11.3 Å². The van der Waals surface area contributed by atoms with Gasteiger partial charge in [0.1, 0.15) is 5.65 Å². The number of carbonyl (C=O) groups is 1. The summed E-state index contributed by atoms with van der Waals surface area (Å²) in [5, 5.41) is 2.87. The second kappa shape index (κ2) is 6.59. The van der Waals surface area contributed by atoms with E-state index in [1.54, 1.807) is 0 Å². The molecule has 7 heteroatoms. The smallest absolute Gasteiger partial charge is 0.309 e. The first kappa shape index (κ1) is 18.7. The van der Waals surface area contributed by atoms with Crippen molar-refractivity contribution in [1.82, 2.24) is 9.38 Å². The van der Waals surface area contributed by atoms with E-state index in [1.165, 1.54) is 10.5 Å². The highest BCUT2D eigenvalue weighted by atomic mass is 19.4. The zero-order valence-electron chi connectivity index (χ0n) is 15.3. The summed E-state index contributed by atoms with van der Waals surface area (Å²) in [5.41, 5.74) is 0.104. The van der Waals surface area contributed by atoms with Crippen LogP contribution < -0.4 is 5.32 Å². The average Bonchev–Trinajstić information content (AvgIpc) is 3.14. The van der Waals surface area contributed by atoms with Gasteiger partial charge in [-0.1, -0.05) is 33.6 Å². The number of alkyl halides is 3. The number of imidazole rings is 1. The fourth-order valence-electron chi connectivity index (χ4n) is 3.44. The van der Waals surface area contributed by atoms with Crippen LogP contribution in [0.2, 0.25) is 0 Å². The number of anilines is 1. The quantitative estimate of drug-likeness (QED) is 0.823. The Hall–Kier alpha value is -2.05. The van der Waals surface area contributed by atoms with Crippen molar-refractivity contribution in [3.05, 3.63) is 29.6 Å². The molecule has 26 heavy (non-hydrogen) atoms. The number of pyridine rings is 1. The average molecular weight is 367 g/mol. The maximum atomic E-state index is 13.1. The summed E-state index contributed by atoms with van der Waals surface area (Å²) >= 11 is 0. The topological polar surface area (TPSA) is 46.4 Å². The fraction of sp³-hybridized carbons (Fsp3) is 0.579. The Balaban J connectivity index is 2.03. The van der Waals surface area contributed by atoms with Crippen LogP contribution in [0.5, 0.6) is 0 Å². The molecule has 0 bridgehead atoms. The summed E-state index contributed by atoms with van der Waals surface area (Å²) in [6.07, 6.45) is 0.910. The van der Waals surface area contributed by atoms with Crippen LogP contribution in [0.1, 0.15) is 57.7 Å². The highest BCUT2D eigenvalue weighted by molar-refractivity contribution is 5.92. The molecule has 2 aromatic heterocycles. The molecule has 0 radical (unpaired) electrons. The minimum atomic E-state index is -4.43. The lowest BCUT2D eigenvalue weighted by atomic mass is 9.90. The highest BCUT2D eigenvalue weighted by Gasteiger charge is 2.32. The van der Waals surface area contributed by atoms with Crippen LogP contribution in [0.15, 0.2) is 18.3 Å². The largest absolute Gasteiger partial charge is 0.417 e. The van der Waals surface area contributed by atoms with E-state index in [4.69, 9.17) is 0 Å². The highest BCUT2D eigenvalue weighted by Crippen LogP contribution is 2.33. The van der Waals surface area contributed by atoms with Crippen molar-refractivity contribution in [2.45, 2.75) is 59.1 Å². The maximum absolute atomic E-state index is 13.1. The number of fused-ring (bicyclic) bond motifs is 1. The first-order valence-corrected chi connectivity index (χ1v) is 8.94. The molecule has 1 saturated carbocycles. The third-order valence-electron chi connectivity index (χ3n) is 4.71. The number of nitrogens with zero attached hydrogens (tertiary/aromatic N) is 2. The van der Waals surface area contributed by atoms with Crippen LogP contribution in [-0.2, 0) is 17.4 Å². The van der Waals surface area contributed by atoms with Crippen molar-refractivity contribution in [3.8, 4) is 0 Å². The summed E-state index contributed by atoms with van der Waals surface area (Å²) < 4.78 is 40.8. The monoisotopic (exact) mass is 367 g/mol. The van der Waals surface area contributed by atoms with Crippen LogP contribution >= 0.6 is 0 Å². The van der Waals surface area contributed by atoms with Gasteiger partial charge in [0.05, 0.1) is 11.3 Å². The van der Waals surface area contributed by atoms with Gasteiger partial charge in [-0.3, -0.25) is 4.79 Å². The Bertz CT molecular complexity index is 812. The van der Waals surface area contributed by atoms with E-state index in [2.05, 4.69) is 10.3 Å². The maximum Gasteiger partial charge on any atom is 0.417 e. The van der Waals surface area contributed by atoms with E-state index in [9.17, 15) is 18.0 Å². The molecule has 1 N–H and O–H groups in total. The first-order valence-electron chi connectivity index (χ1n) is 8.94. The zero-order chi connectivity index (χ0) is 19.1. The lowest BCUT2D eigenvalue weighted by Gasteiger charge is -2.19. The van der Waals surface area contributed by atoms with E-state index in [0.29, 0.717) is 23.6 Å². The van der Waals surface area contributed by atoms with Gasteiger partial charge >= 0.3 is 6.18 Å². The molecule has 2 aromatic rings. The van der Waals surface area contributed by atoms with Crippen molar-refractivity contribution in [3.63, 3.8) is 0 Å². The van der Waals surface area contributed by atoms with Gasteiger partial charge in [-0.05, 0) is 36.8 Å². The Kier molecular flexibility index (Phi) is 4.75. The van der Waals surface area contributed by atoms with Crippen molar-refractivity contribution >= 4 is 17.4 Å². The second-order valence-corrected chi connectivity index (χ2v) is 8.26. The Morgan fingerprint density at radius 3 is 2.46 bits per heavy atom. The Morgan fingerprint density at radius 1 is 1.23 bits per heavy atom. The molecule has 0 saturated heterocycles. The zero-order valence-corrected chi connectivity index (χ0v) is 15.3. The molecule has 0 atom stereocenters. The molecule has 1 aliphatic rings. The molecule has 142 valence electrons. The molecule has 0 unspecified atom stereocenters. The number of hydrogen-bond donors (Lipinski definition) is 1. The lowest BCUT2D eigenvalue weighted by molar-refractivity contribution is -0.137. The minimum absolute atomic E-state index is 0.0342. The van der Waals surface area contributed by atoms with Crippen molar-refractivity contribution in [2.75, 3.05) is 5.32 Å². The SMILES string of the molecule is CC(C)(C)Cc1c(NC(=O)C2CCCC2)nc2ccc(C(F)(F)F)cn12. The predicted molar refractivity (Wildman–Crippen MR) is 93.9 cm³/mol. The molecule has 0 spiro atoms. The Labute approximate surface area is 150 Å². The molecule has 4 nitrogen and oxygen atoms in total. The van der Waals surface area contributed by atoms with E-state index >= 15 is 0 Å². The van der Waals surface area contributed by atoms with Gasteiger partial charge in [0.15, 0.2) is 5.82 Å². The third-order valence-corrected chi connectivity index (χ3v) is 4.71. The number of nitrogens with one attached hydrogen (secondary N) is 1. The summed E-state index contributed by atoms with van der Waals surface area (Å²) in [4.78, 5) is 16.9. The standard InChI is InChI=1S/C19H24F3N3O/c1-18(2,3)10-14-16(24-17(26)12-6-4-5-7-12)23-15-9-8-13(11-25(14)15)19(20,21)22/h8-9,11-12H,4-7,10H2,1-3H3,(H,24,26). The van der Waals surface area contributed by atoms with Gasteiger partial charge in [-0.15, -0.1) is 0 Å². The van der Waals surface area contributed by atoms with Crippen molar-refractivity contribution in [2.24, 2.45) is 11.3 Å². The lowest BCUT2D eigenvalue weighted by Crippen LogP contribution is -2.22. The van der Waals surface area contributed by atoms with Gasteiger partial charge in [0.2, 0.25) is 5.91 Å². The van der Waals surface area contributed by atoms with Gasteiger partial charge in [-0.2, -0.15) is 13.2 Å². The molecular formula is C19H24F3N3O. The van der Waals surface area contributed by atoms with E-state index in [0.717, 1.165) is 37.9 Å². The van der Waals surface area contributed by atoms with Crippen LogP contribution in [-0.4, -0.2) is 15.3 Å². The third kappa shape index (κ3) is 4.02. The summed E-state index contributed by atoms with van der Waals surface area (Å²) in [5.74, 6) is 0.251. The van der Waals surface area contributed by atoms with Gasteiger partial charge in [0, 0.05) is 12.1 Å². The molecule has 2 heterocycles. The number of hydrogen-bond acceptors (Lipinski definition) is 2. The number of aromatic nitrogens is 2. The van der Waals surface area contributed by atoms with E-state index < -0.39 is 11.7 Å².